The van der Waals surface area contributed by atoms with E-state index in [-0.39, 0.29) is 5.56 Å². The predicted molar refractivity (Wildman–Crippen MR) is 88.0 cm³/mol. The van der Waals surface area contributed by atoms with E-state index < -0.39 is 0 Å². The van der Waals surface area contributed by atoms with Crippen molar-refractivity contribution in [2.75, 3.05) is 7.11 Å². The molecule has 3 aromatic rings. The first-order chi connectivity index (χ1) is 10.2. The monoisotopic (exact) mass is 343 g/mol. The van der Waals surface area contributed by atoms with Crippen molar-refractivity contribution in [2.45, 2.75) is 6.54 Å². The number of halogens is 1. The Morgan fingerprint density at radius 2 is 1.81 bits per heavy atom. The van der Waals surface area contributed by atoms with Gasteiger partial charge in [0.05, 0.1) is 19.2 Å². The lowest BCUT2D eigenvalue weighted by Gasteiger charge is -2.11. The average Bonchev–Trinajstić information content (AvgIpc) is 2.51. The minimum absolute atomic E-state index is 0.000593. The standard InChI is InChI=1S/C17H14BrNO2/c1-21-15-6-2-12(3-7-15)11-19-16-8-5-14(18)10-13(16)4-9-17(19)20/h2-10H,11H2,1H3. The summed E-state index contributed by atoms with van der Waals surface area (Å²) in [7, 11) is 1.64. The van der Waals surface area contributed by atoms with Crippen LogP contribution in [0.15, 0.2) is 63.9 Å². The van der Waals surface area contributed by atoms with Gasteiger partial charge in [0, 0.05) is 10.5 Å². The first-order valence-electron chi connectivity index (χ1n) is 6.59. The van der Waals surface area contributed by atoms with Crippen LogP contribution in [0.25, 0.3) is 10.9 Å². The third kappa shape index (κ3) is 2.85. The van der Waals surface area contributed by atoms with Gasteiger partial charge in [-0.15, -0.1) is 0 Å². The van der Waals surface area contributed by atoms with E-state index in [0.29, 0.717) is 6.54 Å². The third-order valence-electron chi connectivity index (χ3n) is 3.45. The van der Waals surface area contributed by atoms with Gasteiger partial charge in [0.15, 0.2) is 0 Å². The maximum Gasteiger partial charge on any atom is 0.251 e. The highest BCUT2D eigenvalue weighted by molar-refractivity contribution is 9.10. The second kappa shape index (κ2) is 5.74. The molecule has 0 aliphatic heterocycles. The number of aromatic nitrogens is 1. The van der Waals surface area contributed by atoms with Gasteiger partial charge in [-0.05, 0) is 47.3 Å². The molecular weight excluding hydrogens is 330 g/mol. The average molecular weight is 344 g/mol. The molecule has 4 heteroatoms. The van der Waals surface area contributed by atoms with Gasteiger partial charge in [-0.2, -0.15) is 0 Å². The van der Waals surface area contributed by atoms with Crippen LogP contribution >= 0.6 is 15.9 Å². The molecule has 3 rings (SSSR count). The zero-order chi connectivity index (χ0) is 14.8. The van der Waals surface area contributed by atoms with E-state index in [2.05, 4.69) is 15.9 Å². The van der Waals surface area contributed by atoms with Gasteiger partial charge in [-0.3, -0.25) is 4.79 Å². The fourth-order valence-corrected chi connectivity index (χ4v) is 2.73. The molecule has 0 bridgehead atoms. The summed E-state index contributed by atoms with van der Waals surface area (Å²) in [5, 5.41) is 1.04. The quantitative estimate of drug-likeness (QED) is 0.723. The molecule has 0 fully saturated rings. The summed E-state index contributed by atoms with van der Waals surface area (Å²) in [4.78, 5) is 12.2. The van der Waals surface area contributed by atoms with Crippen molar-refractivity contribution in [3.63, 3.8) is 0 Å². The second-order valence-electron chi connectivity index (χ2n) is 4.81. The van der Waals surface area contributed by atoms with Crippen LogP contribution in [0.1, 0.15) is 5.56 Å². The van der Waals surface area contributed by atoms with Crippen LogP contribution in [0.4, 0.5) is 0 Å². The highest BCUT2D eigenvalue weighted by atomic mass is 79.9. The number of nitrogens with zero attached hydrogens (tertiary/aromatic N) is 1. The van der Waals surface area contributed by atoms with E-state index >= 15 is 0 Å². The van der Waals surface area contributed by atoms with E-state index in [1.54, 1.807) is 17.7 Å². The van der Waals surface area contributed by atoms with Crippen LogP contribution in [-0.4, -0.2) is 11.7 Å². The van der Waals surface area contributed by atoms with E-state index in [9.17, 15) is 4.79 Å². The molecule has 0 spiro atoms. The summed E-state index contributed by atoms with van der Waals surface area (Å²) >= 11 is 3.46. The number of benzene rings is 2. The van der Waals surface area contributed by atoms with Crippen molar-refractivity contribution in [3.05, 3.63) is 75.0 Å². The maximum absolute atomic E-state index is 12.2. The van der Waals surface area contributed by atoms with Crippen molar-refractivity contribution >= 4 is 26.8 Å². The maximum atomic E-state index is 12.2. The number of hydrogen-bond donors (Lipinski definition) is 0. The molecule has 0 saturated heterocycles. The molecule has 2 aromatic carbocycles. The summed E-state index contributed by atoms with van der Waals surface area (Å²) in [6.07, 6.45) is 0. The Bertz CT molecular complexity index is 838. The van der Waals surface area contributed by atoms with Crippen molar-refractivity contribution in [1.29, 1.82) is 0 Å². The largest absolute Gasteiger partial charge is 0.497 e. The molecule has 1 aromatic heterocycles. The fraction of sp³-hybridized carbons (Fsp3) is 0.118. The topological polar surface area (TPSA) is 31.2 Å². The SMILES string of the molecule is COc1ccc(Cn2c(=O)ccc3cc(Br)ccc32)cc1. The molecule has 1 heterocycles. The normalized spacial score (nSPS) is 10.8. The van der Waals surface area contributed by atoms with Gasteiger partial charge in [0.25, 0.3) is 5.56 Å². The first kappa shape index (κ1) is 13.9. The van der Waals surface area contributed by atoms with Crippen molar-refractivity contribution in [1.82, 2.24) is 4.57 Å². The van der Waals surface area contributed by atoms with E-state index in [4.69, 9.17) is 4.74 Å². The van der Waals surface area contributed by atoms with Gasteiger partial charge in [-0.25, -0.2) is 0 Å². The Balaban J connectivity index is 2.06. The molecule has 0 radical (unpaired) electrons. The summed E-state index contributed by atoms with van der Waals surface area (Å²) in [5.41, 5.74) is 2.00. The predicted octanol–water partition coefficient (Wildman–Crippen LogP) is 3.82. The molecule has 0 aliphatic rings. The first-order valence-corrected chi connectivity index (χ1v) is 7.39. The molecule has 0 aliphatic carbocycles. The lowest BCUT2D eigenvalue weighted by Crippen LogP contribution is -2.19. The molecular formula is C17H14BrNO2. The number of pyridine rings is 1. The lowest BCUT2D eigenvalue weighted by atomic mass is 10.1. The molecule has 0 saturated carbocycles. The van der Waals surface area contributed by atoms with E-state index in [1.165, 1.54) is 0 Å². The van der Waals surface area contributed by atoms with Gasteiger partial charge in [-0.1, -0.05) is 28.1 Å². The zero-order valence-electron chi connectivity index (χ0n) is 11.5. The number of rotatable bonds is 3. The summed E-state index contributed by atoms with van der Waals surface area (Å²) in [6.45, 7) is 0.543. The van der Waals surface area contributed by atoms with Crippen LogP contribution in [0, 0.1) is 0 Å². The van der Waals surface area contributed by atoms with Crippen LogP contribution in [0.5, 0.6) is 5.75 Å². The highest BCUT2D eigenvalue weighted by Crippen LogP contribution is 2.19. The van der Waals surface area contributed by atoms with Crippen LogP contribution in [0.2, 0.25) is 0 Å². The van der Waals surface area contributed by atoms with Gasteiger partial charge in [0.2, 0.25) is 0 Å². The molecule has 0 amide bonds. The van der Waals surface area contributed by atoms with Crippen LogP contribution < -0.4 is 10.3 Å². The van der Waals surface area contributed by atoms with E-state index in [0.717, 1.165) is 26.7 Å². The minimum atomic E-state index is 0.000593. The summed E-state index contributed by atoms with van der Waals surface area (Å²) in [5.74, 6) is 0.813. The molecule has 3 nitrogen and oxygen atoms in total. The Morgan fingerprint density at radius 3 is 2.52 bits per heavy atom. The Hall–Kier alpha value is -2.07. The van der Waals surface area contributed by atoms with Crippen molar-refractivity contribution in [3.8, 4) is 5.75 Å². The minimum Gasteiger partial charge on any atom is -0.497 e. The van der Waals surface area contributed by atoms with E-state index in [1.807, 2.05) is 48.5 Å². The molecule has 106 valence electrons. The van der Waals surface area contributed by atoms with Crippen LogP contribution in [-0.2, 0) is 6.54 Å². The summed E-state index contributed by atoms with van der Waals surface area (Å²) < 4.78 is 7.94. The molecule has 21 heavy (non-hydrogen) atoms. The van der Waals surface area contributed by atoms with Crippen molar-refractivity contribution in [2.24, 2.45) is 0 Å². The third-order valence-corrected chi connectivity index (χ3v) is 3.94. The molecule has 0 atom stereocenters. The lowest BCUT2D eigenvalue weighted by molar-refractivity contribution is 0.414. The van der Waals surface area contributed by atoms with Gasteiger partial charge >= 0.3 is 0 Å². The number of hydrogen-bond acceptors (Lipinski definition) is 2. The highest BCUT2D eigenvalue weighted by Gasteiger charge is 2.05. The fourth-order valence-electron chi connectivity index (χ4n) is 2.35. The molecule has 0 N–H and O–H groups in total. The number of ether oxygens (including phenoxy) is 1. The van der Waals surface area contributed by atoms with Gasteiger partial charge < -0.3 is 9.30 Å². The van der Waals surface area contributed by atoms with Crippen LogP contribution in [0.3, 0.4) is 0 Å². The Labute approximate surface area is 130 Å². The van der Waals surface area contributed by atoms with Gasteiger partial charge in [0.1, 0.15) is 5.75 Å². The summed E-state index contributed by atoms with van der Waals surface area (Å²) in [6, 6.07) is 17.2. The number of methoxy groups -OCH3 is 1. The van der Waals surface area contributed by atoms with Crippen molar-refractivity contribution < 1.29 is 4.74 Å². The number of fused-ring (bicyclic) bond motifs is 1. The second-order valence-corrected chi connectivity index (χ2v) is 5.72. The zero-order valence-corrected chi connectivity index (χ0v) is 13.1. The Kier molecular flexibility index (Phi) is 3.80. The molecule has 0 unspecified atom stereocenters. The smallest absolute Gasteiger partial charge is 0.251 e. The Morgan fingerprint density at radius 1 is 1.05 bits per heavy atom.